The van der Waals surface area contributed by atoms with Gasteiger partial charge in [-0.05, 0) is 31.2 Å². The number of aliphatic imine (C=N–C) groups is 1. The SMILES string of the molecule is CC1CN=C(c2ccc(C(=O)O)cc2)O1. The number of rotatable bonds is 2. The lowest BCUT2D eigenvalue weighted by Crippen LogP contribution is -2.08. The molecule has 1 aliphatic heterocycles. The first-order chi connectivity index (χ1) is 7.16. The van der Waals surface area contributed by atoms with E-state index in [2.05, 4.69) is 4.99 Å². The summed E-state index contributed by atoms with van der Waals surface area (Å²) in [4.78, 5) is 14.8. The Hall–Kier alpha value is -1.84. The molecule has 1 N–H and O–H groups in total. The third-order valence-electron chi connectivity index (χ3n) is 2.18. The maximum Gasteiger partial charge on any atom is 0.335 e. The monoisotopic (exact) mass is 205 g/mol. The number of nitrogens with zero attached hydrogens (tertiary/aromatic N) is 1. The van der Waals surface area contributed by atoms with Crippen LogP contribution in [0.4, 0.5) is 0 Å². The summed E-state index contributed by atoms with van der Waals surface area (Å²) in [5.41, 5.74) is 1.09. The number of carboxylic acids is 1. The zero-order valence-electron chi connectivity index (χ0n) is 8.30. The minimum Gasteiger partial charge on any atom is -0.478 e. The summed E-state index contributed by atoms with van der Waals surface area (Å²) in [6, 6.07) is 6.51. The summed E-state index contributed by atoms with van der Waals surface area (Å²) >= 11 is 0. The molecule has 0 bridgehead atoms. The van der Waals surface area contributed by atoms with Crippen molar-refractivity contribution in [1.82, 2.24) is 0 Å². The summed E-state index contributed by atoms with van der Waals surface area (Å²) in [5.74, 6) is -0.330. The highest BCUT2D eigenvalue weighted by Gasteiger charge is 2.16. The number of hydrogen-bond donors (Lipinski definition) is 1. The van der Waals surface area contributed by atoms with Crippen molar-refractivity contribution < 1.29 is 14.6 Å². The summed E-state index contributed by atoms with van der Waals surface area (Å²) in [7, 11) is 0. The number of aromatic carboxylic acids is 1. The quantitative estimate of drug-likeness (QED) is 0.796. The van der Waals surface area contributed by atoms with E-state index in [1.807, 2.05) is 6.92 Å². The molecule has 0 amide bonds. The number of hydrogen-bond acceptors (Lipinski definition) is 3. The van der Waals surface area contributed by atoms with Crippen LogP contribution in [0.1, 0.15) is 22.8 Å². The third-order valence-corrected chi connectivity index (χ3v) is 2.18. The predicted molar refractivity (Wildman–Crippen MR) is 55.4 cm³/mol. The number of carboxylic acid groups (broad SMARTS) is 1. The Kier molecular flexibility index (Phi) is 2.41. The molecule has 4 nitrogen and oxygen atoms in total. The van der Waals surface area contributed by atoms with Crippen LogP contribution < -0.4 is 0 Å². The van der Waals surface area contributed by atoms with Gasteiger partial charge in [0, 0.05) is 5.56 Å². The van der Waals surface area contributed by atoms with Gasteiger partial charge in [0.1, 0.15) is 6.10 Å². The fourth-order valence-electron chi connectivity index (χ4n) is 1.39. The van der Waals surface area contributed by atoms with E-state index in [1.165, 1.54) is 0 Å². The fourth-order valence-corrected chi connectivity index (χ4v) is 1.39. The van der Waals surface area contributed by atoms with Gasteiger partial charge in [-0.2, -0.15) is 0 Å². The van der Waals surface area contributed by atoms with Crippen LogP contribution in [-0.2, 0) is 4.74 Å². The molecule has 1 aromatic carbocycles. The smallest absolute Gasteiger partial charge is 0.335 e. The van der Waals surface area contributed by atoms with Crippen molar-refractivity contribution in [2.75, 3.05) is 6.54 Å². The first kappa shape index (κ1) is 9.71. The summed E-state index contributed by atoms with van der Waals surface area (Å²) in [6.45, 7) is 2.61. The maximum absolute atomic E-state index is 10.6. The van der Waals surface area contributed by atoms with Gasteiger partial charge in [-0.3, -0.25) is 0 Å². The van der Waals surface area contributed by atoms with E-state index in [0.717, 1.165) is 5.56 Å². The second-order valence-corrected chi connectivity index (χ2v) is 3.46. The lowest BCUT2D eigenvalue weighted by Gasteiger charge is -2.05. The predicted octanol–water partition coefficient (Wildman–Crippen LogP) is 1.55. The Labute approximate surface area is 87.2 Å². The number of benzene rings is 1. The van der Waals surface area contributed by atoms with Crippen molar-refractivity contribution in [3.8, 4) is 0 Å². The average Bonchev–Trinajstić information content (AvgIpc) is 2.65. The van der Waals surface area contributed by atoms with E-state index in [-0.39, 0.29) is 11.7 Å². The van der Waals surface area contributed by atoms with Crippen LogP contribution in [-0.4, -0.2) is 29.6 Å². The van der Waals surface area contributed by atoms with E-state index < -0.39 is 5.97 Å². The van der Waals surface area contributed by atoms with Crippen LogP contribution in [0.5, 0.6) is 0 Å². The molecule has 1 heterocycles. The van der Waals surface area contributed by atoms with Crippen molar-refractivity contribution in [2.45, 2.75) is 13.0 Å². The van der Waals surface area contributed by atoms with E-state index in [4.69, 9.17) is 9.84 Å². The van der Waals surface area contributed by atoms with E-state index in [0.29, 0.717) is 12.4 Å². The molecule has 1 aromatic rings. The average molecular weight is 205 g/mol. The largest absolute Gasteiger partial charge is 0.478 e. The van der Waals surface area contributed by atoms with Crippen LogP contribution in [0.25, 0.3) is 0 Å². The van der Waals surface area contributed by atoms with E-state index in [9.17, 15) is 4.79 Å². The minimum absolute atomic E-state index is 0.110. The summed E-state index contributed by atoms with van der Waals surface area (Å²) < 4.78 is 5.45. The van der Waals surface area contributed by atoms with Crippen LogP contribution in [0.2, 0.25) is 0 Å². The highest BCUT2D eigenvalue weighted by molar-refractivity contribution is 5.96. The van der Waals surface area contributed by atoms with Crippen molar-refractivity contribution in [2.24, 2.45) is 4.99 Å². The summed E-state index contributed by atoms with van der Waals surface area (Å²) in [6.07, 6.45) is 0.110. The molecule has 2 rings (SSSR count). The van der Waals surface area contributed by atoms with Crippen molar-refractivity contribution in [1.29, 1.82) is 0 Å². The molecule has 15 heavy (non-hydrogen) atoms. The Bertz CT molecular complexity index is 408. The van der Waals surface area contributed by atoms with Gasteiger partial charge in [0.25, 0.3) is 0 Å². The van der Waals surface area contributed by atoms with Crippen LogP contribution >= 0.6 is 0 Å². The highest BCUT2D eigenvalue weighted by Crippen LogP contribution is 2.12. The Morgan fingerprint density at radius 3 is 2.60 bits per heavy atom. The van der Waals surface area contributed by atoms with Crippen LogP contribution in [0.15, 0.2) is 29.3 Å². The van der Waals surface area contributed by atoms with Gasteiger partial charge in [0.2, 0.25) is 5.90 Å². The molecule has 0 spiro atoms. The third kappa shape index (κ3) is 1.98. The van der Waals surface area contributed by atoms with Crippen molar-refractivity contribution in [3.63, 3.8) is 0 Å². The molecule has 78 valence electrons. The molecule has 1 atom stereocenters. The molecule has 0 aromatic heterocycles. The molecule has 1 aliphatic rings. The molecular formula is C11H11NO3. The van der Waals surface area contributed by atoms with Gasteiger partial charge in [0.15, 0.2) is 0 Å². The number of carbonyl (C=O) groups is 1. The fraction of sp³-hybridized carbons (Fsp3) is 0.273. The minimum atomic E-state index is -0.927. The molecule has 1 unspecified atom stereocenters. The second kappa shape index (κ2) is 3.73. The van der Waals surface area contributed by atoms with Crippen molar-refractivity contribution in [3.05, 3.63) is 35.4 Å². The first-order valence-electron chi connectivity index (χ1n) is 4.71. The maximum atomic E-state index is 10.6. The first-order valence-corrected chi connectivity index (χ1v) is 4.71. The van der Waals surface area contributed by atoms with Crippen LogP contribution in [0, 0.1) is 0 Å². The normalized spacial score (nSPS) is 19.5. The Morgan fingerprint density at radius 2 is 2.13 bits per heavy atom. The van der Waals surface area contributed by atoms with Crippen LogP contribution in [0.3, 0.4) is 0 Å². The topological polar surface area (TPSA) is 58.9 Å². The lowest BCUT2D eigenvalue weighted by molar-refractivity contribution is 0.0697. The molecular weight excluding hydrogens is 194 g/mol. The van der Waals surface area contributed by atoms with E-state index in [1.54, 1.807) is 24.3 Å². The molecule has 0 saturated heterocycles. The van der Waals surface area contributed by atoms with Gasteiger partial charge < -0.3 is 9.84 Å². The van der Waals surface area contributed by atoms with Gasteiger partial charge in [-0.15, -0.1) is 0 Å². The number of ether oxygens (including phenoxy) is 1. The molecule has 0 aliphatic carbocycles. The molecule has 0 saturated carbocycles. The highest BCUT2D eigenvalue weighted by atomic mass is 16.5. The van der Waals surface area contributed by atoms with Gasteiger partial charge >= 0.3 is 5.97 Å². The molecule has 0 fully saturated rings. The van der Waals surface area contributed by atoms with Gasteiger partial charge in [-0.1, -0.05) is 0 Å². The zero-order valence-corrected chi connectivity index (χ0v) is 8.30. The molecule has 0 radical (unpaired) electrons. The van der Waals surface area contributed by atoms with Gasteiger partial charge in [-0.25, -0.2) is 9.79 Å². The zero-order chi connectivity index (χ0) is 10.8. The van der Waals surface area contributed by atoms with Crippen molar-refractivity contribution >= 4 is 11.9 Å². The van der Waals surface area contributed by atoms with E-state index >= 15 is 0 Å². The summed E-state index contributed by atoms with van der Waals surface area (Å²) in [5, 5.41) is 8.72. The lowest BCUT2D eigenvalue weighted by atomic mass is 10.1. The van der Waals surface area contributed by atoms with Gasteiger partial charge in [0.05, 0.1) is 12.1 Å². The Balaban J connectivity index is 2.21. The molecule has 4 heteroatoms. The second-order valence-electron chi connectivity index (χ2n) is 3.46. The standard InChI is InChI=1S/C11H11NO3/c1-7-6-12-10(15-7)8-2-4-9(5-3-8)11(13)14/h2-5,7H,6H2,1H3,(H,13,14). The Morgan fingerprint density at radius 1 is 1.47 bits per heavy atom.